The van der Waals surface area contributed by atoms with Crippen LogP contribution in [0.15, 0.2) is 24.3 Å². The van der Waals surface area contributed by atoms with Crippen molar-refractivity contribution in [2.45, 2.75) is 58.3 Å². The Hall–Kier alpha value is -1.97. The van der Waals surface area contributed by atoms with Crippen LogP contribution in [0.4, 0.5) is 5.69 Å². The molecule has 0 atom stereocenters. The molecule has 0 radical (unpaired) electrons. The third-order valence-corrected chi connectivity index (χ3v) is 4.03. The van der Waals surface area contributed by atoms with Crippen molar-refractivity contribution in [3.05, 3.63) is 29.8 Å². The molecule has 1 aromatic carbocycles. The van der Waals surface area contributed by atoms with Gasteiger partial charge in [-0.2, -0.15) is 0 Å². The molecule has 1 heterocycles. The van der Waals surface area contributed by atoms with Crippen molar-refractivity contribution in [1.82, 2.24) is 0 Å². The van der Waals surface area contributed by atoms with E-state index in [1.165, 1.54) is 25.7 Å². The maximum atomic E-state index is 12.3. The summed E-state index contributed by atoms with van der Waals surface area (Å²) in [7, 11) is 0. The Bertz CT molecular complexity index is 565. The molecule has 0 unspecified atom stereocenters. The van der Waals surface area contributed by atoms with E-state index in [2.05, 4.69) is 6.92 Å². The van der Waals surface area contributed by atoms with Gasteiger partial charge >= 0.3 is 5.91 Å². The van der Waals surface area contributed by atoms with Gasteiger partial charge in [-0.15, -0.1) is 0 Å². The van der Waals surface area contributed by atoms with Crippen LogP contribution in [-0.4, -0.2) is 17.6 Å². The molecule has 0 spiro atoms. The molecular weight excluding hydrogens is 278 g/mol. The molecule has 2 rings (SSSR count). The zero-order valence-corrected chi connectivity index (χ0v) is 13.1. The molecule has 4 nitrogen and oxygen atoms in total. The second kappa shape index (κ2) is 7.87. The summed E-state index contributed by atoms with van der Waals surface area (Å²) in [6, 6.07) is 6.68. The van der Waals surface area contributed by atoms with Crippen LogP contribution in [0.2, 0.25) is 0 Å². The van der Waals surface area contributed by atoms with E-state index in [1.807, 2.05) is 0 Å². The van der Waals surface area contributed by atoms with Gasteiger partial charge in [0.15, 0.2) is 0 Å². The number of fused-ring (bicyclic) bond motifs is 1. The first kappa shape index (κ1) is 16.4. The molecule has 1 aromatic rings. The lowest BCUT2D eigenvalue weighted by Crippen LogP contribution is -2.35. The van der Waals surface area contributed by atoms with Crippen LogP contribution < -0.4 is 4.90 Å². The number of carbonyl (C=O) groups is 3. The van der Waals surface area contributed by atoms with Gasteiger partial charge in [0.05, 0.1) is 11.3 Å². The number of nitrogens with zero attached hydrogens (tertiary/aromatic N) is 1. The van der Waals surface area contributed by atoms with Crippen LogP contribution in [0.3, 0.4) is 0 Å². The molecule has 0 saturated carbocycles. The number of hydrogen-bond donors (Lipinski definition) is 0. The van der Waals surface area contributed by atoms with Gasteiger partial charge in [0.2, 0.25) is 5.91 Å². The Kier molecular flexibility index (Phi) is 5.87. The molecule has 1 aliphatic rings. The average Bonchev–Trinajstić information content (AvgIpc) is 2.78. The Morgan fingerprint density at radius 2 is 1.59 bits per heavy atom. The average molecular weight is 301 g/mol. The third kappa shape index (κ3) is 3.62. The summed E-state index contributed by atoms with van der Waals surface area (Å²) in [5.41, 5.74) is 0.769. The van der Waals surface area contributed by atoms with Gasteiger partial charge in [-0.3, -0.25) is 14.4 Å². The summed E-state index contributed by atoms with van der Waals surface area (Å²) in [4.78, 5) is 37.1. The lowest BCUT2D eigenvalue weighted by Gasteiger charge is -2.14. The number of Topliss-reactive ketones (excluding diaryl/α,β-unsaturated/α-hetero) is 1. The lowest BCUT2D eigenvalue weighted by molar-refractivity contribution is -0.124. The van der Waals surface area contributed by atoms with Crippen LogP contribution in [-0.2, 0) is 9.59 Å². The molecular formula is C18H23NO3. The highest BCUT2D eigenvalue weighted by molar-refractivity contribution is 6.56. The molecule has 0 fully saturated rings. The Morgan fingerprint density at radius 3 is 2.32 bits per heavy atom. The van der Waals surface area contributed by atoms with E-state index in [4.69, 9.17) is 0 Å². The normalized spacial score (nSPS) is 13.6. The number of carbonyl (C=O) groups excluding carboxylic acids is 3. The van der Waals surface area contributed by atoms with Crippen molar-refractivity contribution in [3.63, 3.8) is 0 Å². The van der Waals surface area contributed by atoms with E-state index < -0.39 is 11.7 Å². The minimum atomic E-state index is -0.714. The molecule has 22 heavy (non-hydrogen) atoms. The highest BCUT2D eigenvalue weighted by Crippen LogP contribution is 2.29. The lowest BCUT2D eigenvalue weighted by atomic mass is 10.1. The zero-order chi connectivity index (χ0) is 15.9. The number of anilines is 1. The molecule has 2 amide bonds. The van der Waals surface area contributed by atoms with Crippen molar-refractivity contribution in [2.75, 3.05) is 4.90 Å². The highest BCUT2D eigenvalue weighted by Gasteiger charge is 2.38. The van der Waals surface area contributed by atoms with Crippen molar-refractivity contribution >= 4 is 23.3 Å². The zero-order valence-electron chi connectivity index (χ0n) is 13.1. The summed E-state index contributed by atoms with van der Waals surface area (Å²) < 4.78 is 0. The molecule has 118 valence electrons. The molecule has 4 heteroatoms. The van der Waals surface area contributed by atoms with Crippen molar-refractivity contribution in [3.8, 4) is 0 Å². The SMILES string of the molecule is CCCCCCCCCC(=O)N1C(=O)C(=O)c2ccccc21. The second-order valence-corrected chi connectivity index (χ2v) is 5.75. The largest absolute Gasteiger partial charge is 0.306 e. The molecule has 0 aliphatic carbocycles. The fourth-order valence-corrected chi connectivity index (χ4v) is 2.78. The topological polar surface area (TPSA) is 54.5 Å². The van der Waals surface area contributed by atoms with Gasteiger partial charge in [0.25, 0.3) is 5.78 Å². The maximum absolute atomic E-state index is 12.3. The minimum absolute atomic E-state index is 0.267. The standard InChI is InChI=1S/C18H23NO3/c1-2-3-4-5-6-7-8-13-16(20)19-15-12-10-9-11-14(15)17(21)18(19)22/h9-12H,2-8,13H2,1H3. The number of amides is 2. The number of rotatable bonds is 8. The van der Waals surface area contributed by atoms with Gasteiger partial charge in [0, 0.05) is 6.42 Å². The predicted molar refractivity (Wildman–Crippen MR) is 85.9 cm³/mol. The van der Waals surface area contributed by atoms with E-state index in [1.54, 1.807) is 24.3 Å². The van der Waals surface area contributed by atoms with Gasteiger partial charge < -0.3 is 0 Å². The molecule has 0 aromatic heterocycles. The van der Waals surface area contributed by atoms with E-state index in [-0.39, 0.29) is 5.91 Å². The Labute approximate surface area is 131 Å². The quantitative estimate of drug-likeness (QED) is 0.541. The van der Waals surface area contributed by atoms with Gasteiger partial charge in [0.1, 0.15) is 0 Å². The summed E-state index contributed by atoms with van der Waals surface area (Å²) >= 11 is 0. The van der Waals surface area contributed by atoms with Crippen molar-refractivity contribution in [2.24, 2.45) is 0 Å². The van der Waals surface area contributed by atoms with Crippen molar-refractivity contribution in [1.29, 1.82) is 0 Å². The minimum Gasteiger partial charge on any atom is -0.283 e. The molecule has 0 N–H and O–H groups in total. The second-order valence-electron chi connectivity index (χ2n) is 5.75. The predicted octanol–water partition coefficient (Wildman–Crippen LogP) is 3.88. The first-order valence-electron chi connectivity index (χ1n) is 8.17. The summed E-state index contributed by atoms with van der Waals surface area (Å²) in [5.74, 6) is -1.56. The highest BCUT2D eigenvalue weighted by atomic mass is 16.2. The smallest absolute Gasteiger partial charge is 0.283 e. The van der Waals surface area contributed by atoms with Crippen LogP contribution >= 0.6 is 0 Å². The molecule has 1 aliphatic heterocycles. The van der Waals surface area contributed by atoms with E-state index in [0.29, 0.717) is 17.7 Å². The number of hydrogen-bond acceptors (Lipinski definition) is 3. The van der Waals surface area contributed by atoms with Gasteiger partial charge in [-0.1, -0.05) is 57.6 Å². The number of imide groups is 1. The summed E-state index contributed by atoms with van der Waals surface area (Å²) in [6.07, 6.45) is 8.14. The number of unbranched alkanes of at least 4 members (excludes halogenated alkanes) is 6. The molecule has 0 saturated heterocycles. The van der Waals surface area contributed by atoms with Gasteiger partial charge in [-0.25, -0.2) is 4.90 Å². The van der Waals surface area contributed by atoms with Crippen molar-refractivity contribution < 1.29 is 14.4 Å². The number of ketones is 1. The molecule has 0 bridgehead atoms. The number of benzene rings is 1. The Morgan fingerprint density at radius 1 is 0.955 bits per heavy atom. The third-order valence-electron chi connectivity index (χ3n) is 4.03. The van der Waals surface area contributed by atoms with Crippen LogP contribution in [0.1, 0.15) is 68.6 Å². The van der Waals surface area contributed by atoms with E-state index in [0.717, 1.165) is 24.2 Å². The van der Waals surface area contributed by atoms with Crippen LogP contribution in [0, 0.1) is 0 Å². The maximum Gasteiger partial charge on any atom is 0.306 e. The van der Waals surface area contributed by atoms with Crippen LogP contribution in [0.25, 0.3) is 0 Å². The Balaban J connectivity index is 1.83. The summed E-state index contributed by atoms with van der Waals surface area (Å²) in [5, 5.41) is 0. The van der Waals surface area contributed by atoms with E-state index >= 15 is 0 Å². The first-order valence-corrected chi connectivity index (χ1v) is 8.17. The summed E-state index contributed by atoms with van der Waals surface area (Å²) in [6.45, 7) is 2.19. The van der Waals surface area contributed by atoms with Gasteiger partial charge in [-0.05, 0) is 18.6 Å². The fraction of sp³-hybridized carbons (Fsp3) is 0.500. The van der Waals surface area contributed by atoms with Crippen LogP contribution in [0.5, 0.6) is 0 Å². The number of para-hydroxylation sites is 1. The van der Waals surface area contributed by atoms with E-state index in [9.17, 15) is 14.4 Å². The fourth-order valence-electron chi connectivity index (χ4n) is 2.78. The monoisotopic (exact) mass is 301 g/mol. The first-order chi connectivity index (χ1) is 10.7.